The van der Waals surface area contributed by atoms with Gasteiger partial charge in [0.05, 0.1) is 4.92 Å². The van der Waals surface area contributed by atoms with Crippen LogP contribution in [-0.4, -0.2) is 28.4 Å². The summed E-state index contributed by atoms with van der Waals surface area (Å²) < 4.78 is 25.2. The highest BCUT2D eigenvalue weighted by atomic mass is 32.2. The minimum atomic E-state index is -4.35. The number of carboxylic acid groups (broad SMARTS) is 1. The largest absolute Gasteiger partial charge is 0.477 e. The summed E-state index contributed by atoms with van der Waals surface area (Å²) in [5.41, 5.74) is -1.11. The molecule has 9 heteroatoms. The number of carbonyl (C=O) groups is 1. The predicted molar refractivity (Wildman–Crippen MR) is 67.1 cm³/mol. The Morgan fingerprint density at radius 3 is 2.45 bits per heavy atom. The van der Waals surface area contributed by atoms with E-state index < -0.39 is 37.2 Å². The van der Waals surface area contributed by atoms with E-state index in [0.29, 0.717) is 3.97 Å². The molecule has 0 radical (unpaired) electrons. The molecule has 0 saturated carbocycles. The van der Waals surface area contributed by atoms with E-state index in [1.165, 1.54) is 18.2 Å². The summed E-state index contributed by atoms with van der Waals surface area (Å²) in [6, 6.07) is 7.06. The molecule has 0 aliphatic heterocycles. The van der Waals surface area contributed by atoms with Crippen molar-refractivity contribution in [1.29, 1.82) is 0 Å². The fourth-order valence-corrected chi connectivity index (χ4v) is 3.17. The van der Waals surface area contributed by atoms with E-state index in [1.807, 2.05) is 0 Å². The third-order valence-electron chi connectivity index (χ3n) is 2.53. The maximum absolute atomic E-state index is 12.3. The first kappa shape index (κ1) is 13.7. The highest BCUT2D eigenvalue weighted by molar-refractivity contribution is 7.90. The number of nitro groups is 1. The van der Waals surface area contributed by atoms with E-state index in [4.69, 9.17) is 5.11 Å². The smallest absolute Gasteiger partial charge is 0.353 e. The van der Waals surface area contributed by atoms with Crippen LogP contribution in [0.2, 0.25) is 0 Å². The highest BCUT2D eigenvalue weighted by Crippen LogP contribution is 2.26. The Bertz CT molecular complexity index is 793. The summed E-state index contributed by atoms with van der Waals surface area (Å²) in [4.78, 5) is 20.4. The Morgan fingerprint density at radius 2 is 1.85 bits per heavy atom. The van der Waals surface area contributed by atoms with Crippen molar-refractivity contribution >= 4 is 21.7 Å². The number of nitro benzene ring substituents is 1. The quantitative estimate of drug-likeness (QED) is 0.671. The fourth-order valence-electron chi connectivity index (χ4n) is 1.67. The number of rotatable bonds is 4. The van der Waals surface area contributed by atoms with Crippen molar-refractivity contribution in [2.75, 3.05) is 0 Å². The van der Waals surface area contributed by atoms with Crippen LogP contribution in [0.4, 0.5) is 5.69 Å². The van der Waals surface area contributed by atoms with Gasteiger partial charge < -0.3 is 5.11 Å². The molecule has 0 aliphatic carbocycles. The lowest BCUT2D eigenvalue weighted by molar-refractivity contribution is -0.387. The van der Waals surface area contributed by atoms with E-state index in [9.17, 15) is 23.3 Å². The SMILES string of the molecule is O=C(O)c1cccn1S(=O)(=O)c1ccccc1[N+](=O)[O-]. The second-order valence-corrected chi connectivity index (χ2v) is 5.51. The molecule has 0 saturated heterocycles. The maximum atomic E-state index is 12.3. The Hall–Kier alpha value is -2.68. The molecule has 104 valence electrons. The molecule has 2 rings (SSSR count). The summed E-state index contributed by atoms with van der Waals surface area (Å²) in [5.74, 6) is -1.45. The lowest BCUT2D eigenvalue weighted by atomic mass is 10.3. The van der Waals surface area contributed by atoms with Gasteiger partial charge in [0.15, 0.2) is 4.90 Å². The van der Waals surface area contributed by atoms with Crippen LogP contribution in [0.3, 0.4) is 0 Å². The van der Waals surface area contributed by atoms with Crippen LogP contribution in [-0.2, 0) is 10.0 Å². The van der Waals surface area contributed by atoms with Crippen LogP contribution in [0.25, 0.3) is 0 Å². The summed E-state index contributed by atoms with van der Waals surface area (Å²) in [6.45, 7) is 0. The zero-order chi connectivity index (χ0) is 14.9. The van der Waals surface area contributed by atoms with E-state index in [-0.39, 0.29) is 0 Å². The summed E-state index contributed by atoms with van der Waals surface area (Å²) >= 11 is 0. The Morgan fingerprint density at radius 1 is 1.20 bits per heavy atom. The predicted octanol–water partition coefficient (Wildman–Crippen LogP) is 1.33. The van der Waals surface area contributed by atoms with Gasteiger partial charge in [0, 0.05) is 12.3 Å². The minimum Gasteiger partial charge on any atom is -0.477 e. The highest BCUT2D eigenvalue weighted by Gasteiger charge is 2.29. The van der Waals surface area contributed by atoms with Crippen LogP contribution in [0.5, 0.6) is 0 Å². The van der Waals surface area contributed by atoms with Crippen LogP contribution in [0, 0.1) is 10.1 Å². The normalized spacial score (nSPS) is 11.2. The first-order chi connectivity index (χ1) is 9.35. The molecule has 1 N–H and O–H groups in total. The molecule has 0 atom stereocenters. The fraction of sp³-hybridized carbons (Fsp3) is 0. The molecule has 0 fully saturated rings. The van der Waals surface area contributed by atoms with Crippen molar-refractivity contribution in [2.45, 2.75) is 4.90 Å². The molecule has 20 heavy (non-hydrogen) atoms. The number of nitrogens with zero attached hydrogens (tertiary/aromatic N) is 2. The number of aromatic carboxylic acids is 1. The van der Waals surface area contributed by atoms with Crippen LogP contribution < -0.4 is 0 Å². The minimum absolute atomic E-state index is 0.497. The lowest BCUT2D eigenvalue weighted by Gasteiger charge is -2.08. The molecule has 1 heterocycles. The van der Waals surface area contributed by atoms with Crippen molar-refractivity contribution in [2.24, 2.45) is 0 Å². The number of hydrogen-bond acceptors (Lipinski definition) is 5. The van der Waals surface area contributed by atoms with Crippen molar-refractivity contribution in [3.63, 3.8) is 0 Å². The van der Waals surface area contributed by atoms with Gasteiger partial charge in [-0.2, -0.15) is 0 Å². The van der Waals surface area contributed by atoms with E-state index in [0.717, 1.165) is 24.4 Å². The molecule has 1 aromatic carbocycles. The van der Waals surface area contributed by atoms with E-state index >= 15 is 0 Å². The number of aromatic nitrogens is 1. The molecule has 0 aliphatic rings. The second kappa shape index (κ2) is 4.78. The Balaban J connectivity index is 2.71. The molecular weight excluding hydrogens is 288 g/mol. The number of para-hydroxylation sites is 1. The van der Waals surface area contributed by atoms with Gasteiger partial charge in [-0.25, -0.2) is 17.2 Å². The molecule has 1 aromatic heterocycles. The topological polar surface area (TPSA) is 120 Å². The van der Waals surface area contributed by atoms with Gasteiger partial charge in [-0.3, -0.25) is 10.1 Å². The van der Waals surface area contributed by atoms with Crippen molar-refractivity contribution in [3.8, 4) is 0 Å². The van der Waals surface area contributed by atoms with Crippen molar-refractivity contribution < 1.29 is 23.2 Å². The van der Waals surface area contributed by atoms with Crippen molar-refractivity contribution in [3.05, 3.63) is 58.4 Å². The van der Waals surface area contributed by atoms with Gasteiger partial charge in [0.25, 0.3) is 15.7 Å². The van der Waals surface area contributed by atoms with E-state index in [2.05, 4.69) is 0 Å². The van der Waals surface area contributed by atoms with Crippen LogP contribution in [0.15, 0.2) is 47.5 Å². The molecule has 2 aromatic rings. The van der Waals surface area contributed by atoms with Gasteiger partial charge in [-0.1, -0.05) is 12.1 Å². The molecular formula is C11H8N2O6S. The Kier molecular flexibility index (Phi) is 3.28. The van der Waals surface area contributed by atoms with E-state index in [1.54, 1.807) is 0 Å². The number of benzene rings is 1. The first-order valence-corrected chi connectivity index (χ1v) is 6.69. The zero-order valence-electron chi connectivity index (χ0n) is 9.83. The average molecular weight is 296 g/mol. The first-order valence-electron chi connectivity index (χ1n) is 5.25. The Labute approximate surface area is 113 Å². The van der Waals surface area contributed by atoms with Crippen LogP contribution >= 0.6 is 0 Å². The summed E-state index contributed by atoms with van der Waals surface area (Å²) in [6.07, 6.45) is 1.02. The van der Waals surface area contributed by atoms with Gasteiger partial charge in [0.1, 0.15) is 5.69 Å². The zero-order valence-corrected chi connectivity index (χ0v) is 10.6. The lowest BCUT2D eigenvalue weighted by Crippen LogP contribution is -2.18. The third kappa shape index (κ3) is 2.14. The number of hydrogen-bond donors (Lipinski definition) is 1. The molecule has 0 bridgehead atoms. The third-order valence-corrected chi connectivity index (χ3v) is 4.27. The summed E-state index contributed by atoms with van der Waals surface area (Å²) in [7, 11) is -4.35. The molecule has 0 amide bonds. The molecule has 8 nitrogen and oxygen atoms in total. The average Bonchev–Trinajstić information content (AvgIpc) is 2.88. The van der Waals surface area contributed by atoms with Crippen molar-refractivity contribution in [1.82, 2.24) is 3.97 Å². The van der Waals surface area contributed by atoms with Gasteiger partial charge in [0.2, 0.25) is 0 Å². The summed E-state index contributed by atoms with van der Waals surface area (Å²) in [5, 5.41) is 19.8. The monoisotopic (exact) mass is 296 g/mol. The van der Waals surface area contributed by atoms with Gasteiger partial charge in [-0.05, 0) is 18.2 Å². The van der Waals surface area contributed by atoms with Crippen LogP contribution in [0.1, 0.15) is 10.5 Å². The maximum Gasteiger partial charge on any atom is 0.353 e. The van der Waals surface area contributed by atoms with Gasteiger partial charge >= 0.3 is 5.97 Å². The standard InChI is InChI=1S/C11H8N2O6S/c14-11(15)9-5-3-7-12(9)20(18,19)10-6-2-1-4-8(10)13(16)17/h1-7H,(H,14,15). The van der Waals surface area contributed by atoms with Gasteiger partial charge in [-0.15, -0.1) is 0 Å². The number of carboxylic acids is 1. The molecule has 0 unspecified atom stereocenters. The second-order valence-electron chi connectivity index (χ2n) is 3.72. The molecule has 0 spiro atoms.